The molecular weight excluding hydrogens is 294 g/mol. The molecule has 1 unspecified atom stereocenters. The first-order valence-electron chi connectivity index (χ1n) is 8.28. The van der Waals surface area contributed by atoms with Crippen molar-refractivity contribution in [1.82, 2.24) is 15.2 Å². The van der Waals surface area contributed by atoms with Crippen LogP contribution < -0.4 is 5.32 Å². The summed E-state index contributed by atoms with van der Waals surface area (Å²) in [5.74, 6) is 0.653. The molecular formula is C17H23N3O3. The molecule has 0 aromatic carbocycles. The van der Waals surface area contributed by atoms with Gasteiger partial charge in [-0.05, 0) is 45.1 Å². The topological polar surface area (TPSA) is 75.4 Å². The average Bonchev–Trinajstić information content (AvgIpc) is 2.92. The van der Waals surface area contributed by atoms with E-state index in [0.29, 0.717) is 23.9 Å². The van der Waals surface area contributed by atoms with E-state index in [1.165, 1.54) is 12.5 Å². The van der Waals surface area contributed by atoms with Gasteiger partial charge >= 0.3 is 0 Å². The summed E-state index contributed by atoms with van der Waals surface area (Å²) >= 11 is 0. The third-order valence-electron chi connectivity index (χ3n) is 4.72. The SMILES string of the molecule is C=CC(=O)N1CCCC(c2nc(C)c(C(=O)NC3CCC3)o2)C1. The maximum atomic E-state index is 12.3. The second-order valence-electron chi connectivity index (χ2n) is 6.40. The van der Waals surface area contributed by atoms with Crippen molar-refractivity contribution < 1.29 is 14.0 Å². The summed E-state index contributed by atoms with van der Waals surface area (Å²) < 4.78 is 5.76. The summed E-state index contributed by atoms with van der Waals surface area (Å²) in [6.07, 6.45) is 6.38. The van der Waals surface area contributed by atoms with Gasteiger partial charge in [-0.3, -0.25) is 9.59 Å². The van der Waals surface area contributed by atoms with E-state index in [0.717, 1.165) is 32.2 Å². The molecule has 1 saturated heterocycles. The second-order valence-corrected chi connectivity index (χ2v) is 6.40. The van der Waals surface area contributed by atoms with Crippen LogP contribution in [0.3, 0.4) is 0 Å². The lowest BCUT2D eigenvalue weighted by atomic mass is 9.93. The highest BCUT2D eigenvalue weighted by Crippen LogP contribution is 2.28. The smallest absolute Gasteiger partial charge is 0.289 e. The zero-order valence-corrected chi connectivity index (χ0v) is 13.5. The molecule has 23 heavy (non-hydrogen) atoms. The molecule has 6 heteroatoms. The van der Waals surface area contributed by atoms with Crippen LogP contribution in [0.2, 0.25) is 0 Å². The largest absolute Gasteiger partial charge is 0.435 e. The van der Waals surface area contributed by atoms with Crippen molar-refractivity contribution in [1.29, 1.82) is 0 Å². The molecule has 1 aliphatic heterocycles. The van der Waals surface area contributed by atoms with E-state index in [1.807, 2.05) is 0 Å². The minimum Gasteiger partial charge on any atom is -0.435 e. The van der Waals surface area contributed by atoms with Gasteiger partial charge in [-0.15, -0.1) is 0 Å². The molecule has 1 saturated carbocycles. The number of nitrogens with zero attached hydrogens (tertiary/aromatic N) is 2. The first kappa shape index (κ1) is 15.8. The molecule has 2 heterocycles. The van der Waals surface area contributed by atoms with Crippen LogP contribution >= 0.6 is 0 Å². The molecule has 124 valence electrons. The fraction of sp³-hybridized carbons (Fsp3) is 0.588. The van der Waals surface area contributed by atoms with Gasteiger partial charge in [0, 0.05) is 19.1 Å². The molecule has 3 rings (SSSR count). The Bertz CT molecular complexity index is 619. The van der Waals surface area contributed by atoms with Crippen LogP contribution in [0.4, 0.5) is 0 Å². The lowest BCUT2D eigenvalue weighted by molar-refractivity contribution is -0.127. The molecule has 1 N–H and O–H groups in total. The van der Waals surface area contributed by atoms with Crippen LogP contribution in [0.15, 0.2) is 17.1 Å². The van der Waals surface area contributed by atoms with E-state index in [1.54, 1.807) is 11.8 Å². The number of carbonyl (C=O) groups excluding carboxylic acids is 2. The highest BCUT2D eigenvalue weighted by atomic mass is 16.4. The summed E-state index contributed by atoms with van der Waals surface area (Å²) in [7, 11) is 0. The molecule has 6 nitrogen and oxygen atoms in total. The van der Waals surface area contributed by atoms with Crippen LogP contribution in [0.1, 0.15) is 60.2 Å². The van der Waals surface area contributed by atoms with Crippen LogP contribution in [-0.4, -0.2) is 40.8 Å². The Labute approximate surface area is 135 Å². The Hall–Kier alpha value is -2.11. The van der Waals surface area contributed by atoms with E-state index in [2.05, 4.69) is 16.9 Å². The van der Waals surface area contributed by atoms with Crippen LogP contribution in [0.25, 0.3) is 0 Å². The Balaban J connectivity index is 1.70. The number of carbonyl (C=O) groups is 2. The maximum Gasteiger partial charge on any atom is 0.289 e. The van der Waals surface area contributed by atoms with Crippen molar-refractivity contribution in [2.24, 2.45) is 0 Å². The molecule has 1 aromatic heterocycles. The Morgan fingerprint density at radius 2 is 2.13 bits per heavy atom. The number of oxazole rings is 1. The maximum absolute atomic E-state index is 12.3. The predicted octanol–water partition coefficient (Wildman–Crippen LogP) is 2.16. The van der Waals surface area contributed by atoms with Gasteiger partial charge in [0.25, 0.3) is 5.91 Å². The van der Waals surface area contributed by atoms with Gasteiger partial charge in [-0.25, -0.2) is 4.98 Å². The molecule has 2 aliphatic rings. The highest BCUT2D eigenvalue weighted by Gasteiger charge is 2.30. The highest BCUT2D eigenvalue weighted by molar-refractivity contribution is 5.92. The van der Waals surface area contributed by atoms with Crippen LogP contribution in [0.5, 0.6) is 0 Å². The monoisotopic (exact) mass is 317 g/mol. The number of amides is 2. The summed E-state index contributed by atoms with van der Waals surface area (Å²) in [6, 6.07) is 0.269. The zero-order valence-electron chi connectivity index (χ0n) is 13.5. The number of rotatable bonds is 4. The second kappa shape index (κ2) is 6.56. The number of hydrogen-bond donors (Lipinski definition) is 1. The number of likely N-dealkylation sites (tertiary alicyclic amines) is 1. The van der Waals surface area contributed by atoms with Crippen molar-refractivity contribution in [3.63, 3.8) is 0 Å². The van der Waals surface area contributed by atoms with Crippen molar-refractivity contribution in [3.8, 4) is 0 Å². The summed E-state index contributed by atoms with van der Waals surface area (Å²) in [5.41, 5.74) is 0.615. The lowest BCUT2D eigenvalue weighted by Gasteiger charge is -2.30. The minimum absolute atomic E-state index is 0.0385. The quantitative estimate of drug-likeness (QED) is 0.864. The number of piperidine rings is 1. The van der Waals surface area contributed by atoms with Crippen LogP contribution in [0, 0.1) is 6.92 Å². The normalized spacial score (nSPS) is 21.6. The van der Waals surface area contributed by atoms with Crippen molar-refractivity contribution in [2.75, 3.05) is 13.1 Å². The fourth-order valence-corrected chi connectivity index (χ4v) is 3.11. The molecule has 2 fully saturated rings. The standard InChI is InChI=1S/C17H23N3O3/c1-3-14(21)20-9-5-6-12(10-20)17-18-11(2)15(23-17)16(22)19-13-7-4-8-13/h3,12-13H,1,4-10H2,2H3,(H,19,22). The molecule has 0 radical (unpaired) electrons. The van der Waals surface area contributed by atoms with Gasteiger partial charge in [0.05, 0.1) is 11.6 Å². The Morgan fingerprint density at radius 3 is 2.78 bits per heavy atom. The summed E-state index contributed by atoms with van der Waals surface area (Å²) in [4.78, 5) is 30.2. The number of aryl methyl sites for hydroxylation is 1. The number of aromatic nitrogens is 1. The third kappa shape index (κ3) is 3.30. The van der Waals surface area contributed by atoms with Crippen molar-refractivity contribution in [3.05, 3.63) is 30.0 Å². The van der Waals surface area contributed by atoms with Gasteiger partial charge in [0.2, 0.25) is 11.7 Å². The minimum atomic E-state index is -0.180. The van der Waals surface area contributed by atoms with E-state index >= 15 is 0 Å². The molecule has 1 atom stereocenters. The molecule has 1 aliphatic carbocycles. The van der Waals surface area contributed by atoms with E-state index < -0.39 is 0 Å². The van der Waals surface area contributed by atoms with E-state index in [9.17, 15) is 9.59 Å². The predicted molar refractivity (Wildman–Crippen MR) is 85.1 cm³/mol. The Morgan fingerprint density at radius 1 is 1.35 bits per heavy atom. The average molecular weight is 317 g/mol. The number of nitrogens with one attached hydrogen (secondary N) is 1. The van der Waals surface area contributed by atoms with Gasteiger partial charge in [0.15, 0.2) is 5.89 Å². The number of hydrogen-bond acceptors (Lipinski definition) is 4. The van der Waals surface area contributed by atoms with Gasteiger partial charge < -0.3 is 14.6 Å². The van der Waals surface area contributed by atoms with E-state index in [4.69, 9.17) is 4.42 Å². The van der Waals surface area contributed by atoms with E-state index in [-0.39, 0.29) is 23.8 Å². The molecule has 2 amide bonds. The summed E-state index contributed by atoms with van der Waals surface area (Å²) in [5, 5.41) is 2.98. The van der Waals surface area contributed by atoms with Crippen molar-refractivity contribution >= 4 is 11.8 Å². The van der Waals surface area contributed by atoms with Crippen LogP contribution in [-0.2, 0) is 4.79 Å². The van der Waals surface area contributed by atoms with Gasteiger partial charge in [0.1, 0.15) is 0 Å². The third-order valence-corrected chi connectivity index (χ3v) is 4.72. The van der Waals surface area contributed by atoms with Crippen molar-refractivity contribution in [2.45, 2.75) is 51.0 Å². The first-order valence-corrected chi connectivity index (χ1v) is 8.28. The Kier molecular flexibility index (Phi) is 4.50. The fourth-order valence-electron chi connectivity index (χ4n) is 3.11. The van der Waals surface area contributed by atoms with Gasteiger partial charge in [-0.2, -0.15) is 0 Å². The molecule has 0 bridgehead atoms. The van der Waals surface area contributed by atoms with Gasteiger partial charge in [-0.1, -0.05) is 6.58 Å². The molecule has 1 aromatic rings. The lowest BCUT2D eigenvalue weighted by Crippen LogP contribution is -2.39. The first-order chi connectivity index (χ1) is 11.1. The molecule has 0 spiro atoms. The summed E-state index contributed by atoms with van der Waals surface area (Å²) in [6.45, 7) is 6.62. The zero-order chi connectivity index (χ0) is 16.4.